The molecule has 1 aliphatic heterocycles. The molecule has 5 nitrogen and oxygen atoms in total. The summed E-state index contributed by atoms with van der Waals surface area (Å²) in [4.78, 5) is 26.6. The van der Waals surface area contributed by atoms with Crippen molar-refractivity contribution in [2.45, 2.75) is 13.3 Å². The Labute approximate surface area is 161 Å². The number of methoxy groups -OCH3 is 1. The molecule has 1 heterocycles. The monoisotopic (exact) mass is 392 g/mol. The zero-order valence-corrected chi connectivity index (χ0v) is 15.9. The number of hydrogen-bond acceptors (Lipinski definition) is 3. The Morgan fingerprint density at radius 3 is 2.62 bits per heavy atom. The number of anilines is 2. The third kappa shape index (κ3) is 3.79. The van der Waals surface area contributed by atoms with E-state index in [1.165, 1.54) is 7.11 Å². The van der Waals surface area contributed by atoms with Crippen LogP contribution in [0.5, 0.6) is 5.75 Å². The quantitative estimate of drug-likeness (QED) is 0.843. The molecule has 0 bridgehead atoms. The predicted molar refractivity (Wildman–Crippen MR) is 103 cm³/mol. The van der Waals surface area contributed by atoms with Gasteiger partial charge in [-0.1, -0.05) is 29.3 Å². The van der Waals surface area contributed by atoms with Crippen LogP contribution in [0.15, 0.2) is 36.4 Å². The highest BCUT2D eigenvalue weighted by Gasteiger charge is 2.36. The molecule has 2 amide bonds. The maximum atomic E-state index is 12.6. The summed E-state index contributed by atoms with van der Waals surface area (Å²) in [7, 11) is 1.53. The molecule has 1 fully saturated rings. The molecule has 7 heteroatoms. The average Bonchev–Trinajstić information content (AvgIpc) is 3.00. The maximum Gasteiger partial charge on any atom is 0.229 e. The number of benzene rings is 2. The molecule has 0 aliphatic carbocycles. The normalized spacial score (nSPS) is 16.7. The number of rotatable bonds is 4. The number of carbonyl (C=O) groups is 2. The van der Waals surface area contributed by atoms with Gasteiger partial charge in [-0.25, -0.2) is 0 Å². The molecule has 136 valence electrons. The van der Waals surface area contributed by atoms with E-state index in [9.17, 15) is 9.59 Å². The van der Waals surface area contributed by atoms with E-state index in [0.717, 1.165) is 5.56 Å². The zero-order valence-electron chi connectivity index (χ0n) is 14.4. The van der Waals surface area contributed by atoms with Gasteiger partial charge >= 0.3 is 0 Å². The first-order valence-corrected chi connectivity index (χ1v) is 8.85. The van der Waals surface area contributed by atoms with Crippen molar-refractivity contribution in [1.29, 1.82) is 0 Å². The minimum absolute atomic E-state index is 0.126. The second kappa shape index (κ2) is 7.56. The fourth-order valence-corrected chi connectivity index (χ4v) is 3.29. The van der Waals surface area contributed by atoms with Gasteiger partial charge in [0.25, 0.3) is 0 Å². The van der Waals surface area contributed by atoms with Crippen LogP contribution in [0, 0.1) is 12.8 Å². The van der Waals surface area contributed by atoms with Gasteiger partial charge in [0.15, 0.2) is 0 Å². The Morgan fingerprint density at radius 2 is 1.88 bits per heavy atom. The standard InChI is InChI=1S/C19H18Cl2N2O3/c1-11-3-4-13(20)8-15(11)22-19(25)12-7-18(24)23(10-12)16-9-14(21)5-6-17(16)26-2/h3-6,8-9,12H,7,10H2,1-2H3,(H,22,25). The molecular weight excluding hydrogens is 375 g/mol. The summed E-state index contributed by atoms with van der Waals surface area (Å²) in [6, 6.07) is 10.4. The van der Waals surface area contributed by atoms with Gasteiger partial charge in [-0.15, -0.1) is 0 Å². The summed E-state index contributed by atoms with van der Waals surface area (Å²) in [6.07, 6.45) is 0.126. The smallest absolute Gasteiger partial charge is 0.229 e. The fourth-order valence-electron chi connectivity index (χ4n) is 2.95. The van der Waals surface area contributed by atoms with Crippen molar-refractivity contribution in [3.8, 4) is 5.75 Å². The Morgan fingerprint density at radius 1 is 1.19 bits per heavy atom. The lowest BCUT2D eigenvalue weighted by molar-refractivity contribution is -0.122. The van der Waals surface area contributed by atoms with Gasteiger partial charge in [-0.05, 0) is 42.8 Å². The van der Waals surface area contributed by atoms with Gasteiger partial charge in [-0.2, -0.15) is 0 Å². The van der Waals surface area contributed by atoms with Gasteiger partial charge in [0.05, 0.1) is 18.7 Å². The van der Waals surface area contributed by atoms with Gasteiger partial charge in [0, 0.05) is 28.7 Å². The van der Waals surface area contributed by atoms with Crippen LogP contribution in [0.2, 0.25) is 10.0 Å². The van der Waals surface area contributed by atoms with Gasteiger partial charge < -0.3 is 15.0 Å². The molecule has 1 atom stereocenters. The summed E-state index contributed by atoms with van der Waals surface area (Å²) < 4.78 is 5.31. The number of hydrogen-bond donors (Lipinski definition) is 1. The molecule has 0 spiro atoms. The molecule has 26 heavy (non-hydrogen) atoms. The number of halogens is 2. The minimum atomic E-state index is -0.468. The molecule has 1 unspecified atom stereocenters. The lowest BCUT2D eigenvalue weighted by Gasteiger charge is -2.20. The van der Waals surface area contributed by atoms with Crippen molar-refractivity contribution in [3.63, 3.8) is 0 Å². The highest BCUT2D eigenvalue weighted by molar-refractivity contribution is 6.31. The van der Waals surface area contributed by atoms with Crippen molar-refractivity contribution in [2.24, 2.45) is 5.92 Å². The molecule has 1 aliphatic rings. The highest BCUT2D eigenvalue weighted by Crippen LogP contribution is 2.35. The molecule has 1 N–H and O–H groups in total. The number of amides is 2. The number of nitrogens with zero attached hydrogens (tertiary/aromatic N) is 1. The lowest BCUT2D eigenvalue weighted by atomic mass is 10.1. The van der Waals surface area contributed by atoms with E-state index in [-0.39, 0.29) is 24.8 Å². The van der Waals surface area contributed by atoms with E-state index in [1.807, 2.05) is 13.0 Å². The zero-order chi connectivity index (χ0) is 18.8. The fraction of sp³-hybridized carbons (Fsp3) is 0.263. The SMILES string of the molecule is COc1ccc(Cl)cc1N1CC(C(=O)Nc2cc(Cl)ccc2C)CC1=O. The first kappa shape index (κ1) is 18.5. The van der Waals surface area contributed by atoms with Crippen molar-refractivity contribution < 1.29 is 14.3 Å². The Bertz CT molecular complexity index is 870. The van der Waals surface area contributed by atoms with Crippen LogP contribution in [0.3, 0.4) is 0 Å². The summed E-state index contributed by atoms with van der Waals surface area (Å²) in [5.74, 6) is -0.292. The van der Waals surface area contributed by atoms with E-state index >= 15 is 0 Å². The number of aryl methyl sites for hydroxylation is 1. The van der Waals surface area contributed by atoms with Crippen LogP contribution in [-0.4, -0.2) is 25.5 Å². The van der Waals surface area contributed by atoms with Gasteiger partial charge in [0.2, 0.25) is 11.8 Å². The van der Waals surface area contributed by atoms with Crippen molar-refractivity contribution in [3.05, 3.63) is 52.0 Å². The third-order valence-electron chi connectivity index (χ3n) is 4.39. The van der Waals surface area contributed by atoms with Crippen molar-refractivity contribution in [1.82, 2.24) is 0 Å². The van der Waals surface area contributed by atoms with Crippen LogP contribution in [0.4, 0.5) is 11.4 Å². The predicted octanol–water partition coefficient (Wildman–Crippen LogP) is 4.30. The molecule has 2 aromatic rings. The first-order valence-electron chi connectivity index (χ1n) is 8.10. The summed E-state index contributed by atoms with van der Waals surface area (Å²) in [5, 5.41) is 3.90. The molecule has 0 saturated carbocycles. The van der Waals surface area contributed by atoms with Crippen LogP contribution < -0.4 is 15.0 Å². The Kier molecular flexibility index (Phi) is 5.39. The van der Waals surface area contributed by atoms with Crippen LogP contribution in [-0.2, 0) is 9.59 Å². The second-order valence-corrected chi connectivity index (χ2v) is 7.04. The number of nitrogens with one attached hydrogen (secondary N) is 1. The molecule has 0 radical (unpaired) electrons. The molecular formula is C19H18Cl2N2O3. The maximum absolute atomic E-state index is 12.6. The van der Waals surface area contributed by atoms with E-state index < -0.39 is 5.92 Å². The van der Waals surface area contributed by atoms with Crippen LogP contribution in [0.25, 0.3) is 0 Å². The Balaban J connectivity index is 1.78. The molecule has 3 rings (SSSR count). The Hall–Kier alpha value is -2.24. The minimum Gasteiger partial charge on any atom is -0.495 e. The van der Waals surface area contributed by atoms with Gasteiger partial charge in [0.1, 0.15) is 5.75 Å². The van der Waals surface area contributed by atoms with Crippen molar-refractivity contribution in [2.75, 3.05) is 23.9 Å². The summed E-state index contributed by atoms with van der Waals surface area (Å²) in [5.41, 5.74) is 2.12. The summed E-state index contributed by atoms with van der Waals surface area (Å²) in [6.45, 7) is 2.15. The number of ether oxygens (including phenoxy) is 1. The van der Waals surface area contributed by atoms with Crippen LogP contribution >= 0.6 is 23.2 Å². The van der Waals surface area contributed by atoms with E-state index in [0.29, 0.717) is 27.2 Å². The average molecular weight is 393 g/mol. The number of carbonyl (C=O) groups excluding carboxylic acids is 2. The molecule has 1 saturated heterocycles. The lowest BCUT2D eigenvalue weighted by Crippen LogP contribution is -2.28. The van der Waals surface area contributed by atoms with E-state index in [2.05, 4.69) is 5.32 Å². The topological polar surface area (TPSA) is 58.6 Å². The molecule has 2 aromatic carbocycles. The highest BCUT2D eigenvalue weighted by atomic mass is 35.5. The second-order valence-electron chi connectivity index (χ2n) is 6.17. The van der Waals surface area contributed by atoms with Crippen molar-refractivity contribution >= 4 is 46.4 Å². The third-order valence-corrected chi connectivity index (χ3v) is 4.86. The largest absolute Gasteiger partial charge is 0.495 e. The first-order chi connectivity index (χ1) is 12.4. The molecule has 0 aromatic heterocycles. The van der Waals surface area contributed by atoms with Gasteiger partial charge in [-0.3, -0.25) is 9.59 Å². The van der Waals surface area contributed by atoms with E-state index in [4.69, 9.17) is 27.9 Å². The van der Waals surface area contributed by atoms with Crippen LogP contribution in [0.1, 0.15) is 12.0 Å². The summed E-state index contributed by atoms with van der Waals surface area (Å²) >= 11 is 12.0. The van der Waals surface area contributed by atoms with E-state index in [1.54, 1.807) is 35.2 Å².